The Balaban J connectivity index is 2.32. The molecule has 3 N–H and O–H groups in total. The number of unbranched alkanes of at least 4 members (excludes halogenated alkanes) is 1. The lowest BCUT2D eigenvalue weighted by atomic mass is 9.92. The summed E-state index contributed by atoms with van der Waals surface area (Å²) in [5.74, 6) is -0.800. The minimum atomic E-state index is -0.720. The maximum atomic E-state index is 13.2. The first-order valence-electron chi connectivity index (χ1n) is 9.32. The highest BCUT2D eigenvalue weighted by Crippen LogP contribution is 2.22. The van der Waals surface area contributed by atoms with E-state index in [1.54, 1.807) is 22.9 Å². The van der Waals surface area contributed by atoms with Crippen molar-refractivity contribution in [2.45, 2.75) is 52.5 Å². The molecular weight excluding hydrogens is 361 g/mol. The lowest BCUT2D eigenvalue weighted by Crippen LogP contribution is -2.49. The number of nitrogens with one attached hydrogen (secondary N) is 1. The smallest absolute Gasteiger partial charge is 0.333 e. The minimum Gasteiger partial charge on any atom is -0.350 e. The van der Waals surface area contributed by atoms with Gasteiger partial charge in [-0.05, 0) is 30.2 Å². The van der Waals surface area contributed by atoms with E-state index in [9.17, 15) is 14.0 Å². The van der Waals surface area contributed by atoms with Crippen LogP contribution in [0.4, 0.5) is 9.18 Å². The van der Waals surface area contributed by atoms with Crippen molar-refractivity contribution in [2.24, 2.45) is 5.73 Å². The molecule has 0 saturated heterocycles. The molecule has 0 saturated carbocycles. The highest BCUT2D eigenvalue weighted by atomic mass is 19.1. The van der Waals surface area contributed by atoms with E-state index in [-0.39, 0.29) is 11.2 Å². The van der Waals surface area contributed by atoms with Crippen molar-refractivity contribution in [3.05, 3.63) is 53.1 Å². The summed E-state index contributed by atoms with van der Waals surface area (Å²) < 4.78 is 14.7. The molecule has 7 nitrogen and oxygen atoms in total. The average molecular weight is 389 g/mol. The molecule has 8 heteroatoms. The molecule has 0 fully saturated rings. The van der Waals surface area contributed by atoms with Crippen LogP contribution in [0.1, 0.15) is 62.3 Å². The highest BCUT2D eigenvalue weighted by Gasteiger charge is 2.24. The molecule has 1 heterocycles. The first kappa shape index (κ1) is 21.4. The summed E-state index contributed by atoms with van der Waals surface area (Å²) >= 11 is 0. The van der Waals surface area contributed by atoms with Gasteiger partial charge in [-0.3, -0.25) is 14.9 Å². The van der Waals surface area contributed by atoms with Gasteiger partial charge in [0.05, 0.1) is 12.2 Å². The van der Waals surface area contributed by atoms with Gasteiger partial charge in [-0.2, -0.15) is 5.10 Å². The Labute approximate surface area is 164 Å². The number of nitrogens with two attached hydrogens (primary N) is 1. The van der Waals surface area contributed by atoms with Gasteiger partial charge in [0.15, 0.2) is 0 Å². The molecule has 0 aliphatic rings. The Kier molecular flexibility index (Phi) is 6.77. The van der Waals surface area contributed by atoms with E-state index in [0.717, 1.165) is 22.7 Å². The SMILES string of the molecule is CCCCN(NC(=O)c1cc(C(C)(C)C)nn1Cc1ccc(F)cc1)C(N)=O. The average Bonchev–Trinajstić information content (AvgIpc) is 3.04. The fraction of sp³-hybridized carbons (Fsp3) is 0.450. The summed E-state index contributed by atoms with van der Waals surface area (Å²) in [4.78, 5) is 24.5. The molecule has 0 aliphatic heterocycles. The maximum absolute atomic E-state index is 13.2. The van der Waals surface area contributed by atoms with E-state index in [1.807, 2.05) is 27.7 Å². The van der Waals surface area contributed by atoms with Crippen LogP contribution in [0.25, 0.3) is 0 Å². The number of rotatable bonds is 6. The number of carbonyl (C=O) groups excluding carboxylic acids is 2. The molecule has 1 aromatic heterocycles. The number of hydrogen-bond acceptors (Lipinski definition) is 3. The van der Waals surface area contributed by atoms with Crippen molar-refractivity contribution in [3.8, 4) is 0 Å². The Bertz CT molecular complexity index is 824. The van der Waals surface area contributed by atoms with E-state index >= 15 is 0 Å². The molecule has 28 heavy (non-hydrogen) atoms. The van der Waals surface area contributed by atoms with Gasteiger partial charge in [0.1, 0.15) is 11.5 Å². The highest BCUT2D eigenvalue weighted by molar-refractivity contribution is 5.93. The molecule has 0 atom stereocenters. The molecule has 2 rings (SSSR count). The van der Waals surface area contributed by atoms with Crippen molar-refractivity contribution >= 4 is 11.9 Å². The largest absolute Gasteiger partial charge is 0.350 e. The zero-order valence-corrected chi connectivity index (χ0v) is 16.8. The van der Waals surface area contributed by atoms with Crippen LogP contribution in [0.3, 0.4) is 0 Å². The lowest BCUT2D eigenvalue weighted by Gasteiger charge is -2.21. The number of carbonyl (C=O) groups is 2. The van der Waals surface area contributed by atoms with E-state index in [2.05, 4.69) is 10.5 Å². The number of nitrogens with zero attached hydrogens (tertiary/aromatic N) is 3. The van der Waals surface area contributed by atoms with Gasteiger partial charge < -0.3 is 5.73 Å². The van der Waals surface area contributed by atoms with Crippen molar-refractivity contribution in [1.29, 1.82) is 0 Å². The predicted octanol–water partition coefficient (Wildman–Crippen LogP) is 3.19. The number of urea groups is 1. The number of amides is 3. The molecule has 3 amide bonds. The van der Waals surface area contributed by atoms with Crippen LogP contribution in [0.2, 0.25) is 0 Å². The Morgan fingerprint density at radius 3 is 2.43 bits per heavy atom. The second-order valence-electron chi connectivity index (χ2n) is 7.73. The summed E-state index contributed by atoms with van der Waals surface area (Å²) in [6, 6.07) is 7.00. The second kappa shape index (κ2) is 8.86. The number of hydrazine groups is 1. The summed E-state index contributed by atoms with van der Waals surface area (Å²) in [5, 5.41) is 5.67. The van der Waals surface area contributed by atoms with Crippen LogP contribution in [0.15, 0.2) is 30.3 Å². The van der Waals surface area contributed by atoms with Crippen LogP contribution >= 0.6 is 0 Å². The number of halogens is 1. The third kappa shape index (κ3) is 5.55. The second-order valence-corrected chi connectivity index (χ2v) is 7.73. The number of primary amides is 1. The quantitative estimate of drug-likeness (QED) is 0.743. The Morgan fingerprint density at radius 2 is 1.89 bits per heavy atom. The fourth-order valence-electron chi connectivity index (χ4n) is 2.57. The minimum absolute atomic E-state index is 0.269. The number of hydrogen-bond donors (Lipinski definition) is 2. The van der Waals surface area contributed by atoms with E-state index < -0.39 is 11.9 Å². The van der Waals surface area contributed by atoms with Crippen LogP contribution in [-0.4, -0.2) is 33.3 Å². The number of benzene rings is 1. The van der Waals surface area contributed by atoms with Crippen LogP contribution in [0, 0.1) is 5.82 Å². The molecule has 2 aromatic rings. The molecule has 152 valence electrons. The van der Waals surface area contributed by atoms with Gasteiger partial charge in [0, 0.05) is 12.0 Å². The third-order valence-electron chi connectivity index (χ3n) is 4.26. The van der Waals surface area contributed by atoms with Gasteiger partial charge in [0.25, 0.3) is 5.91 Å². The van der Waals surface area contributed by atoms with Crippen molar-refractivity contribution in [2.75, 3.05) is 6.54 Å². The fourth-order valence-corrected chi connectivity index (χ4v) is 2.57. The molecular formula is C20H28FN5O2. The lowest BCUT2D eigenvalue weighted by molar-refractivity contribution is 0.0821. The molecule has 0 spiro atoms. The standard InChI is InChI=1S/C20H28FN5O2/c1-5-6-11-25(19(22)28)24-18(27)16-12-17(20(2,3)4)23-26(16)13-14-7-9-15(21)10-8-14/h7-10,12H,5-6,11,13H2,1-4H3,(H2,22,28)(H,24,27). The van der Waals surface area contributed by atoms with Crippen LogP contribution in [0.5, 0.6) is 0 Å². The molecule has 0 unspecified atom stereocenters. The Morgan fingerprint density at radius 1 is 1.25 bits per heavy atom. The zero-order valence-electron chi connectivity index (χ0n) is 16.8. The van der Waals surface area contributed by atoms with Gasteiger partial charge in [-0.25, -0.2) is 14.2 Å². The summed E-state index contributed by atoms with van der Waals surface area (Å²) in [6.45, 7) is 8.59. The van der Waals surface area contributed by atoms with Crippen molar-refractivity contribution in [3.63, 3.8) is 0 Å². The van der Waals surface area contributed by atoms with Gasteiger partial charge in [-0.15, -0.1) is 0 Å². The summed E-state index contributed by atoms with van der Waals surface area (Å²) in [5.41, 5.74) is 9.51. The first-order valence-corrected chi connectivity index (χ1v) is 9.32. The molecule has 1 aromatic carbocycles. The van der Waals surface area contributed by atoms with Crippen LogP contribution < -0.4 is 11.2 Å². The molecule has 0 aliphatic carbocycles. The topological polar surface area (TPSA) is 93.2 Å². The van der Waals surface area contributed by atoms with Gasteiger partial charge in [0.2, 0.25) is 0 Å². The normalized spacial score (nSPS) is 11.3. The van der Waals surface area contributed by atoms with Crippen molar-refractivity contribution in [1.82, 2.24) is 20.2 Å². The monoisotopic (exact) mass is 389 g/mol. The predicted molar refractivity (Wildman–Crippen MR) is 105 cm³/mol. The van der Waals surface area contributed by atoms with Gasteiger partial charge >= 0.3 is 6.03 Å². The summed E-state index contributed by atoms with van der Waals surface area (Å²) in [7, 11) is 0. The van der Waals surface area contributed by atoms with Gasteiger partial charge in [-0.1, -0.05) is 46.2 Å². The Hall–Kier alpha value is -2.90. The third-order valence-corrected chi connectivity index (χ3v) is 4.26. The summed E-state index contributed by atoms with van der Waals surface area (Å²) in [6.07, 6.45) is 1.57. The van der Waals surface area contributed by atoms with E-state index in [0.29, 0.717) is 25.2 Å². The van der Waals surface area contributed by atoms with E-state index in [1.165, 1.54) is 12.1 Å². The zero-order chi connectivity index (χ0) is 20.9. The molecule has 0 radical (unpaired) electrons. The number of aromatic nitrogens is 2. The van der Waals surface area contributed by atoms with Crippen molar-refractivity contribution < 1.29 is 14.0 Å². The first-order chi connectivity index (χ1) is 13.1. The maximum Gasteiger partial charge on any atom is 0.333 e. The molecule has 0 bridgehead atoms. The van der Waals surface area contributed by atoms with E-state index in [4.69, 9.17) is 5.73 Å². The van der Waals surface area contributed by atoms with Crippen LogP contribution in [-0.2, 0) is 12.0 Å².